The Morgan fingerprint density at radius 2 is 1.97 bits per heavy atom. The number of amides is 1. The lowest BCUT2D eigenvalue weighted by molar-refractivity contribution is -0.149. The van der Waals surface area contributed by atoms with E-state index in [1.54, 1.807) is 31.7 Å². The van der Waals surface area contributed by atoms with Crippen molar-refractivity contribution in [1.82, 2.24) is 19.9 Å². The quantitative estimate of drug-likeness (QED) is 0.728. The lowest BCUT2D eigenvalue weighted by atomic mass is 9.91. The van der Waals surface area contributed by atoms with Crippen molar-refractivity contribution in [2.45, 2.75) is 45.8 Å². The zero-order valence-corrected chi connectivity index (χ0v) is 16.3. The van der Waals surface area contributed by atoms with Gasteiger partial charge < -0.3 is 9.64 Å². The van der Waals surface area contributed by atoms with Gasteiger partial charge in [0.15, 0.2) is 0 Å². The summed E-state index contributed by atoms with van der Waals surface area (Å²) in [6, 6.07) is -0.341. The second-order valence-electron chi connectivity index (χ2n) is 7.85. The maximum Gasteiger partial charge on any atom is 0.252 e. The fourth-order valence-corrected chi connectivity index (χ4v) is 3.55. The summed E-state index contributed by atoms with van der Waals surface area (Å²) in [6.07, 6.45) is 4.05. The largest absolute Gasteiger partial charge is 0.487 e. The Hall–Kier alpha value is -3.08. The molecule has 29 heavy (non-hydrogen) atoms. The van der Waals surface area contributed by atoms with Crippen LogP contribution in [-0.2, 0) is 4.79 Å². The lowest BCUT2D eigenvalue weighted by Crippen LogP contribution is -2.44. The van der Waals surface area contributed by atoms with Crippen molar-refractivity contribution in [2.24, 2.45) is 5.41 Å². The molecule has 1 amide bonds. The molecule has 150 valence electrons. The van der Waals surface area contributed by atoms with E-state index < -0.39 is 17.7 Å². The number of ether oxygens (including phenoxy) is 1. The van der Waals surface area contributed by atoms with Crippen LogP contribution in [0.15, 0.2) is 24.8 Å². The monoisotopic (exact) mass is 398 g/mol. The summed E-state index contributed by atoms with van der Waals surface area (Å²) in [4.78, 5) is 26.8. The normalized spacial score (nSPS) is 20.0. The molecule has 1 fully saturated rings. The zero-order chi connectivity index (χ0) is 20.8. The van der Waals surface area contributed by atoms with Crippen LogP contribution in [0.5, 0.6) is 5.75 Å². The highest BCUT2D eigenvalue weighted by Gasteiger charge is 2.49. The standard InChI is InChI=1S/C21H20F2N4O2/c1-12-25-7-13(8-26-12)4-5-14-9-24-10-16-17-6-15(29-18(14)16)11-27(17)20(28)21(2,3)19(22)23/h7-10,15,17,19H,6,11H2,1-3H3/t15-,17-/m0/s1. The third-order valence-corrected chi connectivity index (χ3v) is 5.31. The third kappa shape index (κ3) is 3.41. The number of aryl methyl sites for hydroxylation is 1. The summed E-state index contributed by atoms with van der Waals surface area (Å²) in [7, 11) is 0. The smallest absolute Gasteiger partial charge is 0.252 e. The zero-order valence-electron chi connectivity index (χ0n) is 16.3. The van der Waals surface area contributed by atoms with Gasteiger partial charge in [-0.05, 0) is 20.8 Å². The van der Waals surface area contributed by atoms with Crippen LogP contribution < -0.4 is 4.74 Å². The number of hydrogen-bond donors (Lipinski definition) is 0. The van der Waals surface area contributed by atoms with E-state index in [0.29, 0.717) is 34.7 Å². The van der Waals surface area contributed by atoms with Crippen molar-refractivity contribution in [3.05, 3.63) is 47.3 Å². The molecule has 6 nitrogen and oxygen atoms in total. The average Bonchev–Trinajstić information content (AvgIpc) is 3.04. The number of aromatic nitrogens is 3. The molecule has 4 rings (SSSR count). The maximum atomic E-state index is 13.4. The van der Waals surface area contributed by atoms with E-state index in [-0.39, 0.29) is 18.7 Å². The van der Waals surface area contributed by atoms with Gasteiger partial charge in [-0.1, -0.05) is 11.8 Å². The molecule has 0 aliphatic carbocycles. The van der Waals surface area contributed by atoms with Crippen LogP contribution in [0.4, 0.5) is 8.78 Å². The predicted octanol–water partition coefficient (Wildman–Crippen LogP) is 2.91. The molecule has 2 aromatic heterocycles. The number of carbonyl (C=O) groups is 1. The number of carbonyl (C=O) groups excluding carboxylic acids is 1. The Bertz CT molecular complexity index is 1010. The first-order valence-electron chi connectivity index (χ1n) is 9.32. The molecule has 1 saturated heterocycles. The molecular weight excluding hydrogens is 378 g/mol. The molecule has 2 atom stereocenters. The van der Waals surface area contributed by atoms with Crippen molar-refractivity contribution in [1.29, 1.82) is 0 Å². The highest BCUT2D eigenvalue weighted by atomic mass is 19.3. The van der Waals surface area contributed by atoms with E-state index in [4.69, 9.17) is 4.74 Å². The number of pyridine rings is 1. The highest BCUT2D eigenvalue weighted by molar-refractivity contribution is 5.83. The second kappa shape index (κ2) is 7.07. The minimum Gasteiger partial charge on any atom is -0.487 e. The number of alkyl halides is 2. The van der Waals surface area contributed by atoms with E-state index in [1.807, 2.05) is 0 Å². The highest BCUT2D eigenvalue weighted by Crippen LogP contribution is 2.46. The first kappa shape index (κ1) is 19.2. The third-order valence-electron chi connectivity index (χ3n) is 5.31. The number of fused-ring (bicyclic) bond motifs is 4. The van der Waals surface area contributed by atoms with Gasteiger partial charge in [0.2, 0.25) is 5.91 Å². The van der Waals surface area contributed by atoms with E-state index in [0.717, 1.165) is 0 Å². The minimum absolute atomic E-state index is 0.254. The van der Waals surface area contributed by atoms with E-state index in [1.165, 1.54) is 18.7 Å². The summed E-state index contributed by atoms with van der Waals surface area (Å²) in [5.74, 6) is 6.66. The Labute approximate surface area is 167 Å². The first-order valence-corrected chi connectivity index (χ1v) is 9.32. The van der Waals surface area contributed by atoms with Gasteiger partial charge in [0.25, 0.3) is 6.43 Å². The van der Waals surface area contributed by atoms with E-state index in [9.17, 15) is 13.6 Å². The second-order valence-corrected chi connectivity index (χ2v) is 7.85. The van der Waals surface area contributed by atoms with Gasteiger partial charge in [-0.15, -0.1) is 0 Å². The van der Waals surface area contributed by atoms with Crippen molar-refractivity contribution < 1.29 is 18.3 Å². The molecule has 4 heterocycles. The van der Waals surface area contributed by atoms with Gasteiger partial charge in [-0.25, -0.2) is 18.7 Å². The number of rotatable bonds is 2. The van der Waals surface area contributed by atoms with Crippen LogP contribution in [0, 0.1) is 24.2 Å². The fourth-order valence-electron chi connectivity index (χ4n) is 3.55. The molecule has 0 N–H and O–H groups in total. The van der Waals surface area contributed by atoms with Crippen LogP contribution in [0.2, 0.25) is 0 Å². The molecule has 8 heteroatoms. The summed E-state index contributed by atoms with van der Waals surface area (Å²) >= 11 is 0. The molecule has 2 aliphatic rings. The topological polar surface area (TPSA) is 68.2 Å². The van der Waals surface area contributed by atoms with Crippen molar-refractivity contribution in [3.8, 4) is 17.6 Å². The van der Waals surface area contributed by atoms with Crippen LogP contribution >= 0.6 is 0 Å². The summed E-state index contributed by atoms with van der Waals surface area (Å²) in [5, 5.41) is 0. The first-order chi connectivity index (χ1) is 13.8. The average molecular weight is 398 g/mol. The van der Waals surface area contributed by atoms with Crippen LogP contribution in [0.3, 0.4) is 0 Å². The van der Waals surface area contributed by atoms with Crippen molar-refractivity contribution >= 4 is 5.91 Å². The van der Waals surface area contributed by atoms with Gasteiger partial charge in [0.05, 0.1) is 23.7 Å². The van der Waals surface area contributed by atoms with Crippen LogP contribution in [0.1, 0.15) is 48.8 Å². The molecule has 0 saturated carbocycles. The number of likely N-dealkylation sites (tertiary alicyclic amines) is 1. The van der Waals surface area contributed by atoms with E-state index >= 15 is 0 Å². The molecule has 0 spiro atoms. The minimum atomic E-state index is -2.75. The van der Waals surface area contributed by atoms with Crippen molar-refractivity contribution in [3.63, 3.8) is 0 Å². The maximum absolute atomic E-state index is 13.4. The molecule has 2 bridgehead atoms. The summed E-state index contributed by atoms with van der Waals surface area (Å²) in [5.41, 5.74) is 0.181. The molecule has 0 aromatic carbocycles. The van der Waals surface area contributed by atoms with Gasteiger partial charge >= 0.3 is 0 Å². The molecule has 0 radical (unpaired) electrons. The summed E-state index contributed by atoms with van der Waals surface area (Å²) in [6.45, 7) is 4.61. The Kier molecular flexibility index (Phi) is 4.69. The molecule has 2 aromatic rings. The molecule has 0 unspecified atom stereocenters. The SMILES string of the molecule is Cc1ncc(C#Cc2cncc3c2O[C@H]2C[C@@H]3N(C(=O)C(C)(C)C(F)F)C2)cn1. The fraction of sp³-hybridized carbons (Fsp3) is 0.429. The number of hydrogen-bond acceptors (Lipinski definition) is 5. The Morgan fingerprint density at radius 3 is 2.66 bits per heavy atom. The van der Waals surface area contributed by atoms with E-state index in [2.05, 4.69) is 26.8 Å². The van der Waals surface area contributed by atoms with Crippen LogP contribution in [0.25, 0.3) is 0 Å². The lowest BCUT2D eigenvalue weighted by Gasteiger charge is -2.32. The number of halogens is 2. The van der Waals surface area contributed by atoms with Crippen LogP contribution in [-0.4, -0.2) is 44.8 Å². The molecule has 2 aliphatic heterocycles. The van der Waals surface area contributed by atoms with Gasteiger partial charge in [0.1, 0.15) is 23.1 Å². The predicted molar refractivity (Wildman–Crippen MR) is 100 cm³/mol. The Balaban J connectivity index is 1.67. The summed E-state index contributed by atoms with van der Waals surface area (Å²) < 4.78 is 32.8. The number of nitrogens with zero attached hydrogens (tertiary/aromatic N) is 4. The van der Waals surface area contributed by atoms with Crippen molar-refractivity contribution in [2.75, 3.05) is 6.54 Å². The van der Waals surface area contributed by atoms with Gasteiger partial charge in [0, 0.05) is 36.8 Å². The molecular formula is C21H20F2N4O2. The Morgan fingerprint density at radius 1 is 1.24 bits per heavy atom. The van der Waals surface area contributed by atoms with Gasteiger partial charge in [-0.2, -0.15) is 0 Å². The van der Waals surface area contributed by atoms with Gasteiger partial charge in [-0.3, -0.25) is 9.78 Å².